The van der Waals surface area contributed by atoms with E-state index in [1.807, 2.05) is 35.2 Å². The van der Waals surface area contributed by atoms with Gasteiger partial charge in [-0.15, -0.1) is 0 Å². The van der Waals surface area contributed by atoms with Crippen molar-refractivity contribution in [1.82, 2.24) is 15.2 Å². The van der Waals surface area contributed by atoms with Crippen LogP contribution in [0.4, 0.5) is 11.4 Å². The topological polar surface area (TPSA) is 124 Å². The number of rotatable bonds is 7. The van der Waals surface area contributed by atoms with Crippen LogP contribution in [0.5, 0.6) is 5.88 Å². The summed E-state index contributed by atoms with van der Waals surface area (Å²) in [7, 11) is 0. The Bertz CT molecular complexity index is 1610. The second kappa shape index (κ2) is 10.3. The van der Waals surface area contributed by atoms with Crippen LogP contribution in [-0.2, 0) is 24.2 Å². The standard InChI is InChI=1S/C30H29N5O4/c36-27-2-1-14-34(27)15-12-19-3-5-20(6-4-19)29(32-23-8-7-22-18-31-13-11-21(22)16-23)28-25-17-24(35(38)39)9-10-26(25)33-30(28)37/h3-10,16-17,31,33,37H,1-2,11-15,18H2. The molecule has 1 saturated heterocycles. The summed E-state index contributed by atoms with van der Waals surface area (Å²) >= 11 is 0. The third kappa shape index (κ3) is 5.00. The van der Waals surface area contributed by atoms with Crippen LogP contribution in [0.2, 0.25) is 0 Å². The molecule has 3 heterocycles. The van der Waals surface area contributed by atoms with Crippen LogP contribution in [0.1, 0.15) is 40.7 Å². The van der Waals surface area contributed by atoms with Gasteiger partial charge >= 0.3 is 0 Å². The molecular weight excluding hydrogens is 494 g/mol. The van der Waals surface area contributed by atoms with Crippen molar-refractivity contribution in [3.05, 3.63) is 98.6 Å². The van der Waals surface area contributed by atoms with E-state index in [2.05, 4.69) is 22.4 Å². The Balaban J connectivity index is 1.42. The number of aromatic amines is 1. The summed E-state index contributed by atoms with van der Waals surface area (Å²) in [6.45, 7) is 3.24. The highest BCUT2D eigenvalue weighted by molar-refractivity contribution is 6.22. The number of carbonyl (C=O) groups is 1. The van der Waals surface area contributed by atoms with Crippen LogP contribution in [-0.4, -0.2) is 51.2 Å². The van der Waals surface area contributed by atoms with E-state index in [-0.39, 0.29) is 17.5 Å². The van der Waals surface area contributed by atoms with Crippen LogP contribution in [0.15, 0.2) is 65.7 Å². The lowest BCUT2D eigenvalue weighted by Gasteiger charge is -2.17. The molecule has 0 radical (unpaired) electrons. The van der Waals surface area contributed by atoms with Crippen LogP contribution in [0, 0.1) is 10.1 Å². The Kier molecular flexibility index (Phi) is 6.58. The van der Waals surface area contributed by atoms with E-state index in [1.165, 1.54) is 23.3 Å². The van der Waals surface area contributed by atoms with E-state index in [0.717, 1.165) is 55.7 Å². The number of carbonyl (C=O) groups excluding carboxylic acids is 1. The normalized spacial score (nSPS) is 15.6. The van der Waals surface area contributed by atoms with E-state index < -0.39 is 4.92 Å². The average Bonchev–Trinajstić information content (AvgIpc) is 3.51. The number of nitrogens with zero attached hydrogens (tertiary/aromatic N) is 3. The van der Waals surface area contributed by atoms with Gasteiger partial charge in [-0.1, -0.05) is 30.3 Å². The maximum atomic E-state index is 12.0. The summed E-state index contributed by atoms with van der Waals surface area (Å²) in [5, 5.41) is 26.4. The first-order chi connectivity index (χ1) is 19.0. The molecule has 1 amide bonds. The summed E-state index contributed by atoms with van der Waals surface area (Å²) in [5.41, 5.74) is 6.57. The highest BCUT2D eigenvalue weighted by Crippen LogP contribution is 2.34. The Morgan fingerprint density at radius 3 is 2.67 bits per heavy atom. The lowest BCUT2D eigenvalue weighted by Crippen LogP contribution is -2.26. The van der Waals surface area contributed by atoms with Crippen LogP contribution in [0.25, 0.3) is 10.9 Å². The molecule has 198 valence electrons. The van der Waals surface area contributed by atoms with Gasteiger partial charge in [0.15, 0.2) is 5.88 Å². The molecule has 3 aromatic carbocycles. The average molecular weight is 524 g/mol. The van der Waals surface area contributed by atoms with E-state index in [4.69, 9.17) is 4.99 Å². The van der Waals surface area contributed by atoms with E-state index in [1.54, 1.807) is 6.07 Å². The lowest BCUT2D eigenvalue weighted by atomic mass is 9.98. The number of nitro benzene ring substituents is 1. The molecular formula is C30H29N5O4. The molecule has 1 aromatic heterocycles. The third-order valence-corrected chi connectivity index (χ3v) is 7.60. The molecule has 2 aliphatic heterocycles. The summed E-state index contributed by atoms with van der Waals surface area (Å²) in [6, 6.07) is 18.5. The molecule has 9 nitrogen and oxygen atoms in total. The molecule has 0 saturated carbocycles. The quantitative estimate of drug-likeness (QED) is 0.183. The third-order valence-electron chi connectivity index (χ3n) is 7.60. The monoisotopic (exact) mass is 523 g/mol. The van der Waals surface area contributed by atoms with Crippen molar-refractivity contribution in [2.45, 2.75) is 32.2 Å². The van der Waals surface area contributed by atoms with Crippen molar-refractivity contribution in [3.8, 4) is 5.88 Å². The molecule has 39 heavy (non-hydrogen) atoms. The van der Waals surface area contributed by atoms with Crippen LogP contribution >= 0.6 is 0 Å². The molecule has 0 atom stereocenters. The summed E-state index contributed by atoms with van der Waals surface area (Å²) in [6.07, 6.45) is 3.21. The molecule has 4 aromatic rings. The number of nitro groups is 1. The van der Waals surface area contributed by atoms with Gasteiger partial charge in [0.1, 0.15) is 0 Å². The summed E-state index contributed by atoms with van der Waals surface area (Å²) < 4.78 is 0. The largest absolute Gasteiger partial charge is 0.494 e. The van der Waals surface area contributed by atoms with E-state index in [9.17, 15) is 20.0 Å². The lowest BCUT2D eigenvalue weighted by molar-refractivity contribution is -0.384. The molecule has 9 heteroatoms. The van der Waals surface area contributed by atoms with Crippen molar-refractivity contribution in [2.75, 3.05) is 19.6 Å². The van der Waals surface area contributed by atoms with Crippen molar-refractivity contribution < 1.29 is 14.8 Å². The van der Waals surface area contributed by atoms with Gasteiger partial charge in [0, 0.05) is 54.7 Å². The Hall–Kier alpha value is -4.50. The number of amides is 1. The SMILES string of the molecule is O=C1CCCN1CCc1ccc(C(=Nc2ccc3c(c2)CCNC3)c2c(O)[nH]c3ccc([N+](=O)[O-])cc23)cc1. The number of fused-ring (bicyclic) bond motifs is 2. The van der Waals surface area contributed by atoms with Crippen molar-refractivity contribution in [3.63, 3.8) is 0 Å². The predicted octanol–water partition coefficient (Wildman–Crippen LogP) is 4.76. The van der Waals surface area contributed by atoms with Gasteiger partial charge in [-0.2, -0.15) is 0 Å². The van der Waals surface area contributed by atoms with Gasteiger partial charge < -0.3 is 20.3 Å². The number of aromatic hydroxyl groups is 1. The number of likely N-dealkylation sites (tertiary alicyclic amines) is 1. The van der Waals surface area contributed by atoms with E-state index in [0.29, 0.717) is 35.1 Å². The van der Waals surface area contributed by atoms with Gasteiger partial charge in [0.2, 0.25) is 5.91 Å². The van der Waals surface area contributed by atoms with E-state index >= 15 is 0 Å². The number of aliphatic imine (C=N–C) groups is 1. The van der Waals surface area contributed by atoms with Crippen molar-refractivity contribution in [1.29, 1.82) is 0 Å². The van der Waals surface area contributed by atoms with Crippen LogP contribution in [0.3, 0.4) is 0 Å². The minimum atomic E-state index is -0.443. The summed E-state index contributed by atoms with van der Waals surface area (Å²) in [5.74, 6) is 0.119. The number of hydrogen-bond acceptors (Lipinski definition) is 6. The first-order valence-corrected chi connectivity index (χ1v) is 13.2. The van der Waals surface area contributed by atoms with Crippen molar-refractivity contribution in [2.24, 2.45) is 4.99 Å². The number of H-pyrrole nitrogens is 1. The van der Waals surface area contributed by atoms with Crippen LogP contribution < -0.4 is 5.32 Å². The van der Waals surface area contributed by atoms with Gasteiger partial charge in [0.05, 0.1) is 21.9 Å². The molecule has 1 fully saturated rings. The molecule has 0 aliphatic carbocycles. The van der Waals surface area contributed by atoms with Gasteiger partial charge in [-0.25, -0.2) is 4.99 Å². The Labute approximate surface area is 225 Å². The van der Waals surface area contributed by atoms with Gasteiger partial charge in [-0.3, -0.25) is 14.9 Å². The molecule has 2 aliphatic rings. The number of hydrogen-bond donors (Lipinski definition) is 3. The maximum Gasteiger partial charge on any atom is 0.270 e. The molecule has 0 spiro atoms. The zero-order valence-electron chi connectivity index (χ0n) is 21.4. The zero-order valence-corrected chi connectivity index (χ0v) is 21.4. The zero-order chi connectivity index (χ0) is 26.9. The first-order valence-electron chi connectivity index (χ1n) is 13.2. The van der Waals surface area contributed by atoms with Gasteiger partial charge in [0.25, 0.3) is 5.69 Å². The Morgan fingerprint density at radius 2 is 1.90 bits per heavy atom. The fraction of sp³-hybridized carbons (Fsp3) is 0.267. The molecule has 0 bridgehead atoms. The number of aromatic nitrogens is 1. The highest BCUT2D eigenvalue weighted by atomic mass is 16.6. The smallest absolute Gasteiger partial charge is 0.270 e. The number of benzene rings is 3. The first kappa shape index (κ1) is 24.8. The molecule has 3 N–H and O–H groups in total. The Morgan fingerprint density at radius 1 is 1.05 bits per heavy atom. The fourth-order valence-corrected chi connectivity index (χ4v) is 5.48. The second-order valence-electron chi connectivity index (χ2n) is 10.1. The number of nitrogens with one attached hydrogen (secondary N) is 2. The summed E-state index contributed by atoms with van der Waals surface area (Å²) in [4.78, 5) is 32.9. The minimum Gasteiger partial charge on any atom is -0.494 e. The highest BCUT2D eigenvalue weighted by Gasteiger charge is 2.22. The fourth-order valence-electron chi connectivity index (χ4n) is 5.48. The number of non-ortho nitro benzene ring substituents is 1. The maximum absolute atomic E-state index is 12.0. The van der Waals surface area contributed by atoms with Gasteiger partial charge in [-0.05, 0) is 60.7 Å². The second-order valence-corrected chi connectivity index (χ2v) is 10.1. The molecule has 0 unspecified atom stereocenters. The van der Waals surface area contributed by atoms with Crippen molar-refractivity contribution >= 4 is 33.9 Å². The molecule has 6 rings (SSSR count). The predicted molar refractivity (Wildman–Crippen MR) is 150 cm³/mol. The minimum absolute atomic E-state index is 0.0600.